The first-order valence-corrected chi connectivity index (χ1v) is 9.46. The molecule has 7 heteroatoms. The lowest BCUT2D eigenvalue weighted by Crippen LogP contribution is -2.36. The number of fused-ring (bicyclic) bond motifs is 1. The summed E-state index contributed by atoms with van der Waals surface area (Å²) in [5, 5.41) is 3.03. The zero-order chi connectivity index (χ0) is 16.7. The van der Waals surface area contributed by atoms with E-state index in [0.717, 1.165) is 49.7 Å². The number of carbonyl (C=O) groups is 1. The Hall–Kier alpha value is -1.73. The fourth-order valence-electron chi connectivity index (χ4n) is 3.23. The van der Waals surface area contributed by atoms with Crippen LogP contribution in [0.15, 0.2) is 11.7 Å². The molecule has 1 unspecified atom stereocenters. The Morgan fingerprint density at radius 2 is 2.25 bits per heavy atom. The summed E-state index contributed by atoms with van der Waals surface area (Å²) >= 11 is 1.72. The smallest absolute Gasteiger partial charge is 0.226 e. The second-order valence-corrected chi connectivity index (χ2v) is 7.75. The van der Waals surface area contributed by atoms with E-state index < -0.39 is 0 Å². The zero-order valence-electron chi connectivity index (χ0n) is 14.2. The highest BCUT2D eigenvalue weighted by Crippen LogP contribution is 2.28. The highest BCUT2D eigenvalue weighted by Gasteiger charge is 2.28. The summed E-state index contributed by atoms with van der Waals surface area (Å²) in [6.07, 6.45) is 4.67. The Morgan fingerprint density at radius 1 is 1.42 bits per heavy atom. The van der Waals surface area contributed by atoms with Crippen molar-refractivity contribution in [3.8, 4) is 0 Å². The van der Waals surface area contributed by atoms with Crippen LogP contribution < -0.4 is 5.32 Å². The van der Waals surface area contributed by atoms with Crippen molar-refractivity contribution >= 4 is 17.2 Å². The van der Waals surface area contributed by atoms with Crippen LogP contribution in [0.3, 0.4) is 0 Å². The molecule has 1 N–H and O–H groups in total. The van der Waals surface area contributed by atoms with Gasteiger partial charge in [0, 0.05) is 36.8 Å². The number of aromatic nitrogens is 3. The molecule has 1 saturated carbocycles. The van der Waals surface area contributed by atoms with E-state index in [2.05, 4.69) is 33.6 Å². The van der Waals surface area contributed by atoms with E-state index in [1.54, 1.807) is 11.3 Å². The predicted molar refractivity (Wildman–Crippen MR) is 92.8 cm³/mol. The highest BCUT2D eigenvalue weighted by atomic mass is 32.1. The molecule has 3 heterocycles. The van der Waals surface area contributed by atoms with Crippen LogP contribution in [-0.2, 0) is 24.3 Å². The fraction of sp³-hybridized carbons (Fsp3) is 0.588. The molecule has 4 rings (SSSR count). The van der Waals surface area contributed by atoms with Gasteiger partial charge >= 0.3 is 0 Å². The van der Waals surface area contributed by atoms with Crippen molar-refractivity contribution in [2.45, 2.75) is 58.3 Å². The number of nitrogens with one attached hydrogen (secondary N) is 1. The Bertz CT molecular complexity index is 748. The molecule has 0 radical (unpaired) electrons. The average molecular weight is 345 g/mol. The molecule has 2 aromatic rings. The fourth-order valence-corrected chi connectivity index (χ4v) is 4.03. The molecule has 1 atom stereocenters. The lowest BCUT2D eigenvalue weighted by molar-refractivity contribution is -0.120. The second kappa shape index (κ2) is 6.29. The maximum absolute atomic E-state index is 12.0. The van der Waals surface area contributed by atoms with Crippen LogP contribution in [0, 0.1) is 6.92 Å². The van der Waals surface area contributed by atoms with Crippen LogP contribution in [-0.4, -0.2) is 37.9 Å². The standard InChI is InChI=1S/C17H23N5OS/c1-11-15(24-10-18-11)9-21-5-6-22-8-14(20-17(22)12(21)2)7-16(23)19-13-3-4-13/h8,10,12-13H,3-7,9H2,1-2H3,(H,19,23). The van der Waals surface area contributed by atoms with E-state index in [1.165, 1.54) is 4.88 Å². The molecule has 1 amide bonds. The first-order valence-electron chi connectivity index (χ1n) is 8.58. The predicted octanol–water partition coefficient (Wildman–Crippen LogP) is 2.05. The molecule has 1 aliphatic carbocycles. The third-order valence-electron chi connectivity index (χ3n) is 4.88. The van der Waals surface area contributed by atoms with Crippen molar-refractivity contribution < 1.29 is 4.79 Å². The van der Waals surface area contributed by atoms with E-state index in [4.69, 9.17) is 4.98 Å². The number of imidazole rings is 1. The van der Waals surface area contributed by atoms with Crippen molar-refractivity contribution in [3.63, 3.8) is 0 Å². The lowest BCUT2D eigenvalue weighted by Gasteiger charge is -2.33. The van der Waals surface area contributed by atoms with Gasteiger partial charge in [-0.05, 0) is 26.7 Å². The first kappa shape index (κ1) is 15.8. The van der Waals surface area contributed by atoms with Gasteiger partial charge in [-0.25, -0.2) is 9.97 Å². The summed E-state index contributed by atoms with van der Waals surface area (Å²) in [6.45, 7) is 7.10. The molecule has 0 aromatic carbocycles. The number of nitrogens with zero attached hydrogens (tertiary/aromatic N) is 4. The Kier molecular flexibility index (Phi) is 4.14. The van der Waals surface area contributed by atoms with Crippen molar-refractivity contribution in [3.05, 3.63) is 33.8 Å². The molecular formula is C17H23N5OS. The summed E-state index contributed by atoms with van der Waals surface area (Å²) < 4.78 is 2.21. The van der Waals surface area contributed by atoms with Crippen LogP contribution >= 0.6 is 11.3 Å². The van der Waals surface area contributed by atoms with Crippen molar-refractivity contribution in [1.82, 2.24) is 24.8 Å². The van der Waals surface area contributed by atoms with Crippen LogP contribution in [0.2, 0.25) is 0 Å². The molecule has 0 spiro atoms. The monoisotopic (exact) mass is 345 g/mol. The number of aryl methyl sites for hydroxylation is 1. The molecule has 1 aliphatic heterocycles. The normalized spacial score (nSPS) is 20.8. The van der Waals surface area contributed by atoms with Crippen LogP contribution in [0.4, 0.5) is 0 Å². The maximum atomic E-state index is 12.0. The summed E-state index contributed by atoms with van der Waals surface area (Å²) in [7, 11) is 0. The summed E-state index contributed by atoms with van der Waals surface area (Å²) in [5.41, 5.74) is 3.92. The van der Waals surface area contributed by atoms with Gasteiger partial charge in [0.2, 0.25) is 5.91 Å². The topological polar surface area (TPSA) is 63.1 Å². The third-order valence-corrected chi connectivity index (χ3v) is 5.80. The lowest BCUT2D eigenvalue weighted by atomic mass is 10.2. The van der Waals surface area contributed by atoms with Crippen molar-refractivity contribution in [2.24, 2.45) is 0 Å². The van der Waals surface area contributed by atoms with Gasteiger partial charge in [0.1, 0.15) is 5.82 Å². The minimum Gasteiger partial charge on any atom is -0.353 e. The van der Waals surface area contributed by atoms with Gasteiger partial charge in [-0.1, -0.05) is 0 Å². The van der Waals surface area contributed by atoms with E-state index >= 15 is 0 Å². The highest BCUT2D eigenvalue weighted by molar-refractivity contribution is 7.09. The SMILES string of the molecule is Cc1ncsc1CN1CCn2cc(CC(=O)NC3CC3)nc2C1C. The summed E-state index contributed by atoms with van der Waals surface area (Å²) in [5.74, 6) is 1.16. The quantitative estimate of drug-likeness (QED) is 0.901. The van der Waals surface area contributed by atoms with E-state index in [1.807, 2.05) is 11.7 Å². The Morgan fingerprint density at radius 3 is 2.96 bits per heavy atom. The number of thiazole rings is 1. The molecule has 6 nitrogen and oxygen atoms in total. The van der Waals surface area contributed by atoms with Crippen LogP contribution in [0.1, 0.15) is 47.9 Å². The van der Waals surface area contributed by atoms with Gasteiger partial charge < -0.3 is 9.88 Å². The Balaban J connectivity index is 1.45. The number of hydrogen-bond donors (Lipinski definition) is 1. The maximum Gasteiger partial charge on any atom is 0.226 e. The van der Waals surface area contributed by atoms with E-state index in [0.29, 0.717) is 12.5 Å². The zero-order valence-corrected chi connectivity index (χ0v) is 15.0. The van der Waals surface area contributed by atoms with Gasteiger partial charge in [0.05, 0.1) is 29.4 Å². The minimum atomic E-state index is 0.0951. The minimum absolute atomic E-state index is 0.0951. The third kappa shape index (κ3) is 3.23. The molecule has 1 fully saturated rings. The van der Waals surface area contributed by atoms with Gasteiger partial charge in [-0.3, -0.25) is 9.69 Å². The number of hydrogen-bond acceptors (Lipinski definition) is 5. The van der Waals surface area contributed by atoms with Gasteiger partial charge in [0.15, 0.2) is 0 Å². The van der Waals surface area contributed by atoms with Crippen LogP contribution in [0.25, 0.3) is 0 Å². The van der Waals surface area contributed by atoms with Crippen LogP contribution in [0.5, 0.6) is 0 Å². The number of rotatable bonds is 5. The van der Waals surface area contributed by atoms with E-state index in [-0.39, 0.29) is 11.9 Å². The number of carbonyl (C=O) groups excluding carboxylic acids is 1. The van der Waals surface area contributed by atoms with Crippen molar-refractivity contribution in [2.75, 3.05) is 6.54 Å². The first-order chi connectivity index (χ1) is 11.6. The van der Waals surface area contributed by atoms with Crippen molar-refractivity contribution in [1.29, 1.82) is 0 Å². The van der Waals surface area contributed by atoms with Gasteiger partial charge in [0.25, 0.3) is 0 Å². The summed E-state index contributed by atoms with van der Waals surface area (Å²) in [4.78, 5) is 24.9. The molecule has 24 heavy (non-hydrogen) atoms. The molecule has 0 saturated heterocycles. The summed E-state index contributed by atoms with van der Waals surface area (Å²) in [6, 6.07) is 0.660. The molecule has 2 aliphatic rings. The molecule has 0 bridgehead atoms. The molecular weight excluding hydrogens is 322 g/mol. The van der Waals surface area contributed by atoms with E-state index in [9.17, 15) is 4.79 Å². The molecule has 128 valence electrons. The average Bonchev–Trinajstić information content (AvgIpc) is 3.11. The Labute approximate surface area is 145 Å². The van der Waals surface area contributed by atoms with Gasteiger partial charge in [-0.2, -0.15) is 0 Å². The largest absolute Gasteiger partial charge is 0.353 e. The molecule has 2 aromatic heterocycles. The number of amides is 1. The second-order valence-electron chi connectivity index (χ2n) is 6.81. The van der Waals surface area contributed by atoms with Gasteiger partial charge in [-0.15, -0.1) is 11.3 Å².